The van der Waals surface area contributed by atoms with E-state index in [0.717, 1.165) is 18.7 Å². The third-order valence-electron chi connectivity index (χ3n) is 3.74. The molecular formula is C16H22N4O3. The number of hydrogen-bond donors (Lipinski definition) is 2. The van der Waals surface area contributed by atoms with E-state index in [-0.39, 0.29) is 5.91 Å². The molecule has 0 radical (unpaired) electrons. The zero-order valence-electron chi connectivity index (χ0n) is 13.6. The van der Waals surface area contributed by atoms with Crippen molar-refractivity contribution >= 4 is 23.4 Å². The first-order chi connectivity index (χ1) is 10.9. The van der Waals surface area contributed by atoms with Gasteiger partial charge in [-0.15, -0.1) is 0 Å². The Morgan fingerprint density at radius 2 is 1.91 bits per heavy atom. The Balaban J connectivity index is 1.93. The Hall–Kier alpha value is -2.41. The highest BCUT2D eigenvalue weighted by Crippen LogP contribution is 2.34. The molecule has 0 spiro atoms. The lowest BCUT2D eigenvalue weighted by atomic mass is 10.1. The van der Waals surface area contributed by atoms with Gasteiger partial charge in [-0.3, -0.25) is 14.4 Å². The lowest BCUT2D eigenvalue weighted by Gasteiger charge is -2.13. The molecule has 23 heavy (non-hydrogen) atoms. The van der Waals surface area contributed by atoms with Gasteiger partial charge in [0.15, 0.2) is 0 Å². The van der Waals surface area contributed by atoms with E-state index in [2.05, 4.69) is 10.6 Å². The summed E-state index contributed by atoms with van der Waals surface area (Å²) < 4.78 is 0. The minimum absolute atomic E-state index is 0.250. The first-order valence-electron chi connectivity index (χ1n) is 7.51. The monoisotopic (exact) mass is 318 g/mol. The van der Waals surface area contributed by atoms with Crippen LogP contribution in [-0.2, 0) is 14.4 Å². The molecule has 1 aliphatic rings. The predicted octanol–water partition coefficient (Wildman–Crippen LogP) is -0.112. The smallest absolute Gasteiger partial charge is 0.310 e. The highest BCUT2D eigenvalue weighted by molar-refractivity contribution is 6.35. The molecule has 0 aromatic heterocycles. The molecule has 124 valence electrons. The van der Waals surface area contributed by atoms with Crippen LogP contribution in [0, 0.1) is 0 Å². The van der Waals surface area contributed by atoms with Gasteiger partial charge in [0.25, 0.3) is 5.91 Å². The molecule has 1 aromatic rings. The Kier molecular flexibility index (Phi) is 5.33. The first-order valence-corrected chi connectivity index (χ1v) is 7.51. The average Bonchev–Trinajstić information content (AvgIpc) is 2.76. The summed E-state index contributed by atoms with van der Waals surface area (Å²) >= 11 is 0. The molecule has 0 bridgehead atoms. The fourth-order valence-corrected chi connectivity index (χ4v) is 2.50. The van der Waals surface area contributed by atoms with E-state index in [1.165, 1.54) is 4.90 Å². The van der Waals surface area contributed by atoms with E-state index in [1.807, 2.05) is 25.1 Å². The van der Waals surface area contributed by atoms with Gasteiger partial charge in [-0.2, -0.15) is 0 Å². The number of para-hydroxylation sites is 1. The van der Waals surface area contributed by atoms with Crippen molar-refractivity contribution in [1.29, 1.82) is 0 Å². The third kappa shape index (κ3) is 3.87. The quantitative estimate of drug-likeness (QED) is 0.586. The van der Waals surface area contributed by atoms with E-state index in [1.54, 1.807) is 25.2 Å². The molecule has 0 saturated heterocycles. The average molecular weight is 318 g/mol. The lowest BCUT2D eigenvalue weighted by Crippen LogP contribution is -2.44. The Labute approximate surface area is 135 Å². The van der Waals surface area contributed by atoms with Gasteiger partial charge in [-0.05, 0) is 33.1 Å². The van der Waals surface area contributed by atoms with Crippen molar-refractivity contribution in [1.82, 2.24) is 15.5 Å². The summed E-state index contributed by atoms with van der Waals surface area (Å²) in [5.41, 5.74) is 1.45. The van der Waals surface area contributed by atoms with Crippen LogP contribution in [0.4, 0.5) is 5.69 Å². The summed E-state index contributed by atoms with van der Waals surface area (Å²) in [5, 5.41) is 5.07. The Morgan fingerprint density at radius 1 is 1.22 bits per heavy atom. The largest absolute Gasteiger partial charge is 0.348 e. The molecule has 0 fully saturated rings. The molecular weight excluding hydrogens is 296 g/mol. The second kappa shape index (κ2) is 7.23. The van der Waals surface area contributed by atoms with Gasteiger partial charge in [0, 0.05) is 24.8 Å². The van der Waals surface area contributed by atoms with E-state index in [9.17, 15) is 14.4 Å². The van der Waals surface area contributed by atoms with Gasteiger partial charge in [0.2, 0.25) is 0 Å². The summed E-state index contributed by atoms with van der Waals surface area (Å²) in [5.74, 6) is -1.76. The predicted molar refractivity (Wildman–Crippen MR) is 86.9 cm³/mol. The fourth-order valence-electron chi connectivity index (χ4n) is 2.50. The summed E-state index contributed by atoms with van der Waals surface area (Å²) in [6, 6.07) is 6.39. The molecule has 1 atom stereocenters. The van der Waals surface area contributed by atoms with Crippen molar-refractivity contribution in [2.24, 2.45) is 0 Å². The number of rotatable bonds is 5. The topological polar surface area (TPSA) is 81.8 Å². The number of likely N-dealkylation sites (N-methyl/N-ethyl adjacent to an activating group) is 1. The molecule has 1 aliphatic heterocycles. The molecule has 7 heteroatoms. The second-order valence-electron chi connectivity index (χ2n) is 5.78. The van der Waals surface area contributed by atoms with Crippen molar-refractivity contribution in [3.63, 3.8) is 0 Å². The van der Waals surface area contributed by atoms with Crippen molar-refractivity contribution in [3.8, 4) is 0 Å². The number of nitrogens with zero attached hydrogens (tertiary/aromatic N) is 2. The summed E-state index contributed by atoms with van der Waals surface area (Å²) in [6.45, 7) is 1.24. The standard InChI is InChI=1S/C16H22N4O3/c1-19(2)10-6-9-17-14(21)15(22)18-13-11-7-4-5-8-12(11)20(3)16(13)23/h4-5,7-8,13H,6,9-10H2,1-3H3,(H,17,21)(H,18,22)/t13-/m0/s1. The zero-order chi connectivity index (χ0) is 17.0. The Bertz CT molecular complexity index is 615. The van der Waals surface area contributed by atoms with Gasteiger partial charge in [0.1, 0.15) is 6.04 Å². The molecule has 7 nitrogen and oxygen atoms in total. The number of hydrogen-bond acceptors (Lipinski definition) is 4. The van der Waals surface area contributed by atoms with E-state index in [0.29, 0.717) is 12.1 Å². The number of fused-ring (bicyclic) bond motifs is 1. The van der Waals surface area contributed by atoms with Gasteiger partial charge in [0.05, 0.1) is 0 Å². The fraction of sp³-hybridized carbons (Fsp3) is 0.438. The number of carbonyl (C=O) groups is 3. The number of carbonyl (C=O) groups excluding carboxylic acids is 3. The van der Waals surface area contributed by atoms with Crippen LogP contribution in [0.2, 0.25) is 0 Å². The SMILES string of the molecule is CN(C)CCCNC(=O)C(=O)N[C@@H]1C(=O)N(C)c2ccccc21. The summed E-state index contributed by atoms with van der Waals surface area (Å²) in [4.78, 5) is 39.5. The first kappa shape index (κ1) is 17.0. The third-order valence-corrected chi connectivity index (χ3v) is 3.74. The van der Waals surface area contributed by atoms with E-state index >= 15 is 0 Å². The maximum absolute atomic E-state index is 12.2. The molecule has 2 rings (SSSR count). The Morgan fingerprint density at radius 3 is 2.61 bits per heavy atom. The minimum atomic E-state index is -0.809. The summed E-state index contributed by atoms with van der Waals surface area (Å²) in [6.07, 6.45) is 0.750. The molecule has 2 N–H and O–H groups in total. The van der Waals surface area contributed by atoms with Crippen LogP contribution in [0.1, 0.15) is 18.0 Å². The minimum Gasteiger partial charge on any atom is -0.348 e. The molecule has 1 aromatic carbocycles. The highest BCUT2D eigenvalue weighted by Gasteiger charge is 2.36. The lowest BCUT2D eigenvalue weighted by molar-refractivity contribution is -0.140. The molecule has 1 heterocycles. The van der Waals surface area contributed by atoms with Crippen LogP contribution in [0.15, 0.2) is 24.3 Å². The van der Waals surface area contributed by atoms with Crippen molar-refractivity contribution in [3.05, 3.63) is 29.8 Å². The van der Waals surface area contributed by atoms with Gasteiger partial charge >= 0.3 is 11.8 Å². The van der Waals surface area contributed by atoms with Crippen LogP contribution in [0.25, 0.3) is 0 Å². The van der Waals surface area contributed by atoms with E-state index in [4.69, 9.17) is 0 Å². The van der Waals surface area contributed by atoms with Gasteiger partial charge < -0.3 is 20.4 Å². The van der Waals surface area contributed by atoms with Crippen LogP contribution in [0.5, 0.6) is 0 Å². The number of nitrogens with one attached hydrogen (secondary N) is 2. The van der Waals surface area contributed by atoms with Crippen molar-refractivity contribution in [2.45, 2.75) is 12.5 Å². The molecule has 0 unspecified atom stereocenters. The van der Waals surface area contributed by atoms with Crippen molar-refractivity contribution in [2.75, 3.05) is 39.1 Å². The van der Waals surface area contributed by atoms with Crippen LogP contribution in [-0.4, -0.2) is 56.9 Å². The molecule has 0 saturated carbocycles. The normalized spacial score (nSPS) is 16.4. The maximum Gasteiger partial charge on any atom is 0.310 e. The molecule has 0 aliphatic carbocycles. The van der Waals surface area contributed by atoms with E-state index < -0.39 is 17.9 Å². The van der Waals surface area contributed by atoms with Gasteiger partial charge in [-0.1, -0.05) is 18.2 Å². The zero-order valence-corrected chi connectivity index (χ0v) is 13.6. The summed E-state index contributed by atoms with van der Waals surface area (Å²) in [7, 11) is 5.52. The maximum atomic E-state index is 12.2. The number of benzene rings is 1. The number of anilines is 1. The van der Waals surface area contributed by atoms with Gasteiger partial charge in [-0.25, -0.2) is 0 Å². The highest BCUT2D eigenvalue weighted by atomic mass is 16.2. The van der Waals surface area contributed by atoms with Crippen molar-refractivity contribution < 1.29 is 14.4 Å². The number of amides is 3. The molecule has 3 amide bonds. The second-order valence-corrected chi connectivity index (χ2v) is 5.78. The van der Waals surface area contributed by atoms with Crippen LogP contribution >= 0.6 is 0 Å². The van der Waals surface area contributed by atoms with Crippen LogP contribution in [0.3, 0.4) is 0 Å². The van der Waals surface area contributed by atoms with Crippen LogP contribution < -0.4 is 15.5 Å².